The van der Waals surface area contributed by atoms with Gasteiger partial charge in [0.2, 0.25) is 0 Å². The normalized spacial score (nSPS) is 11.1. The highest BCUT2D eigenvalue weighted by Crippen LogP contribution is 2.43. The number of fused-ring (bicyclic) bond motifs is 3. The van der Waals surface area contributed by atoms with E-state index >= 15 is 0 Å². The highest BCUT2D eigenvalue weighted by molar-refractivity contribution is 6.12. The lowest BCUT2D eigenvalue weighted by atomic mass is 9.91. The second-order valence-electron chi connectivity index (χ2n) is 12.3. The van der Waals surface area contributed by atoms with E-state index in [4.69, 9.17) is 19.4 Å². The second kappa shape index (κ2) is 12.7. The molecule has 0 radical (unpaired) electrons. The van der Waals surface area contributed by atoms with E-state index in [0.717, 1.165) is 72.0 Å². The van der Waals surface area contributed by atoms with Gasteiger partial charge in [-0.3, -0.25) is 0 Å². The number of hydrogen-bond acceptors (Lipinski definition) is 5. The molecule has 0 aliphatic carbocycles. The highest BCUT2D eigenvalue weighted by atomic mass is 16.3. The SMILES string of the molecule is N#Cc1ccc(-c2ccc(-c3c(-c4ccc(-c5nc(-c6ccccc6)nc(-c6ccccc6)n5)cc4)ccc4c3oc3ccccc34)cc2)cc1. The van der Waals surface area contributed by atoms with Gasteiger partial charge in [-0.15, -0.1) is 0 Å². The van der Waals surface area contributed by atoms with Gasteiger partial charge in [0.05, 0.1) is 11.6 Å². The number of furan rings is 1. The molecule has 9 rings (SSSR count). The van der Waals surface area contributed by atoms with Gasteiger partial charge in [-0.25, -0.2) is 15.0 Å². The largest absolute Gasteiger partial charge is 0.455 e. The Kier molecular flexibility index (Phi) is 7.46. The average Bonchev–Trinajstić information content (AvgIpc) is 3.60. The lowest BCUT2D eigenvalue weighted by Gasteiger charge is -2.13. The number of para-hydroxylation sites is 1. The van der Waals surface area contributed by atoms with Crippen molar-refractivity contribution in [3.63, 3.8) is 0 Å². The Hall–Kier alpha value is -7.16. The van der Waals surface area contributed by atoms with Crippen LogP contribution in [-0.4, -0.2) is 15.0 Å². The third-order valence-corrected chi connectivity index (χ3v) is 9.22. The monoisotopic (exact) mass is 652 g/mol. The van der Waals surface area contributed by atoms with Gasteiger partial charge in [-0.05, 0) is 52.1 Å². The molecule has 0 amide bonds. The van der Waals surface area contributed by atoms with Crippen LogP contribution in [0.2, 0.25) is 0 Å². The van der Waals surface area contributed by atoms with Crippen LogP contribution in [0.3, 0.4) is 0 Å². The van der Waals surface area contributed by atoms with Gasteiger partial charge in [0.25, 0.3) is 0 Å². The molecule has 0 fully saturated rings. The molecular weight excluding hydrogens is 625 g/mol. The molecule has 238 valence electrons. The molecule has 0 saturated heterocycles. The van der Waals surface area contributed by atoms with Crippen LogP contribution >= 0.6 is 0 Å². The fraction of sp³-hybridized carbons (Fsp3) is 0. The Bertz CT molecular complexity index is 2650. The van der Waals surface area contributed by atoms with Crippen molar-refractivity contribution >= 4 is 21.9 Å². The summed E-state index contributed by atoms with van der Waals surface area (Å²) in [6, 6.07) is 59.4. The molecule has 0 atom stereocenters. The average molecular weight is 653 g/mol. The Labute approximate surface area is 294 Å². The molecule has 2 aromatic heterocycles. The molecule has 0 spiro atoms. The zero-order chi connectivity index (χ0) is 34.1. The summed E-state index contributed by atoms with van der Waals surface area (Å²) in [5, 5.41) is 11.4. The minimum atomic E-state index is 0.612. The standard InChI is InChI=1S/C46H28N4O/c47-29-30-15-17-31(18-16-30)32-19-23-34(24-20-32)42-38(27-28-40-39-13-7-8-14-41(39)51-43(40)42)33-21-25-37(26-22-33)46-49-44(35-9-3-1-4-10-35)48-45(50-46)36-11-5-2-6-12-36/h1-28H. The summed E-state index contributed by atoms with van der Waals surface area (Å²) in [5.41, 5.74) is 11.4. The molecule has 5 heteroatoms. The number of nitrogens with zero attached hydrogens (tertiary/aromatic N) is 4. The summed E-state index contributed by atoms with van der Waals surface area (Å²) >= 11 is 0. The first-order valence-corrected chi connectivity index (χ1v) is 16.7. The van der Waals surface area contributed by atoms with Crippen LogP contribution in [0.25, 0.3) is 89.5 Å². The highest BCUT2D eigenvalue weighted by Gasteiger charge is 2.19. The van der Waals surface area contributed by atoms with Gasteiger partial charge in [0, 0.05) is 33.0 Å². The lowest BCUT2D eigenvalue weighted by Crippen LogP contribution is -2.00. The predicted molar refractivity (Wildman–Crippen MR) is 204 cm³/mol. The Morgan fingerprint density at radius 3 is 1.45 bits per heavy atom. The summed E-state index contributed by atoms with van der Waals surface area (Å²) < 4.78 is 6.59. The van der Waals surface area contributed by atoms with Crippen molar-refractivity contribution in [1.82, 2.24) is 15.0 Å². The first-order chi connectivity index (χ1) is 25.2. The molecule has 9 aromatic rings. The third kappa shape index (κ3) is 5.61. The molecule has 0 unspecified atom stereocenters. The van der Waals surface area contributed by atoms with Crippen LogP contribution in [-0.2, 0) is 0 Å². The molecule has 0 aliphatic rings. The van der Waals surface area contributed by atoms with Crippen molar-refractivity contribution in [2.45, 2.75) is 0 Å². The predicted octanol–water partition coefficient (Wildman–Crippen LogP) is 11.6. The Balaban J connectivity index is 1.15. The van der Waals surface area contributed by atoms with Gasteiger partial charge in [-0.2, -0.15) is 5.26 Å². The molecular formula is C46H28N4O. The minimum Gasteiger partial charge on any atom is -0.455 e. The number of hydrogen-bond donors (Lipinski definition) is 0. The van der Waals surface area contributed by atoms with E-state index in [1.165, 1.54) is 0 Å². The van der Waals surface area contributed by atoms with Crippen LogP contribution in [0.5, 0.6) is 0 Å². The molecule has 2 heterocycles. The van der Waals surface area contributed by atoms with E-state index in [9.17, 15) is 5.26 Å². The molecule has 0 bridgehead atoms. The fourth-order valence-corrected chi connectivity index (χ4v) is 6.62. The molecule has 0 saturated carbocycles. The van der Waals surface area contributed by atoms with Crippen LogP contribution in [0, 0.1) is 11.3 Å². The zero-order valence-corrected chi connectivity index (χ0v) is 27.4. The second-order valence-corrected chi connectivity index (χ2v) is 12.3. The molecule has 7 aromatic carbocycles. The maximum absolute atomic E-state index is 9.23. The van der Waals surface area contributed by atoms with Gasteiger partial charge >= 0.3 is 0 Å². The van der Waals surface area contributed by atoms with E-state index < -0.39 is 0 Å². The van der Waals surface area contributed by atoms with Crippen LogP contribution in [0.4, 0.5) is 0 Å². The Morgan fingerprint density at radius 2 is 0.863 bits per heavy atom. The maximum atomic E-state index is 9.23. The van der Waals surface area contributed by atoms with E-state index in [0.29, 0.717) is 23.0 Å². The van der Waals surface area contributed by atoms with Gasteiger partial charge < -0.3 is 4.42 Å². The number of rotatable bonds is 6. The minimum absolute atomic E-state index is 0.612. The first kappa shape index (κ1) is 29.9. The van der Waals surface area contributed by atoms with Crippen molar-refractivity contribution < 1.29 is 4.42 Å². The Morgan fingerprint density at radius 1 is 0.392 bits per heavy atom. The quantitative estimate of drug-likeness (QED) is 0.179. The third-order valence-electron chi connectivity index (χ3n) is 9.22. The summed E-state index contributed by atoms with van der Waals surface area (Å²) in [5.74, 6) is 1.87. The van der Waals surface area contributed by atoms with E-state index in [1.807, 2.05) is 103 Å². The van der Waals surface area contributed by atoms with E-state index in [2.05, 4.69) is 72.8 Å². The smallest absolute Gasteiger partial charge is 0.164 e. The van der Waals surface area contributed by atoms with Crippen LogP contribution in [0.1, 0.15) is 5.56 Å². The maximum Gasteiger partial charge on any atom is 0.164 e. The lowest BCUT2D eigenvalue weighted by molar-refractivity contribution is 0.670. The molecule has 0 aliphatic heterocycles. The van der Waals surface area contributed by atoms with E-state index in [-0.39, 0.29) is 0 Å². The van der Waals surface area contributed by atoms with Crippen molar-refractivity contribution in [2.75, 3.05) is 0 Å². The van der Waals surface area contributed by atoms with Crippen molar-refractivity contribution in [2.24, 2.45) is 0 Å². The van der Waals surface area contributed by atoms with Gasteiger partial charge in [-0.1, -0.05) is 146 Å². The van der Waals surface area contributed by atoms with Gasteiger partial charge in [0.1, 0.15) is 11.2 Å². The van der Waals surface area contributed by atoms with E-state index in [1.54, 1.807) is 0 Å². The van der Waals surface area contributed by atoms with Gasteiger partial charge in [0.15, 0.2) is 17.5 Å². The van der Waals surface area contributed by atoms with Crippen LogP contribution < -0.4 is 0 Å². The molecule has 51 heavy (non-hydrogen) atoms. The molecule has 0 N–H and O–H groups in total. The summed E-state index contributed by atoms with van der Waals surface area (Å²) in [7, 11) is 0. The molecule has 5 nitrogen and oxygen atoms in total. The number of nitriles is 1. The summed E-state index contributed by atoms with van der Waals surface area (Å²) in [4.78, 5) is 14.7. The fourth-order valence-electron chi connectivity index (χ4n) is 6.62. The topological polar surface area (TPSA) is 75.6 Å². The number of benzene rings is 7. The van der Waals surface area contributed by atoms with Crippen molar-refractivity contribution in [3.05, 3.63) is 175 Å². The summed E-state index contributed by atoms with van der Waals surface area (Å²) in [6.07, 6.45) is 0. The van der Waals surface area contributed by atoms with Crippen molar-refractivity contribution in [1.29, 1.82) is 5.26 Å². The zero-order valence-electron chi connectivity index (χ0n) is 27.4. The summed E-state index contributed by atoms with van der Waals surface area (Å²) in [6.45, 7) is 0. The number of aromatic nitrogens is 3. The van der Waals surface area contributed by atoms with Crippen LogP contribution in [0.15, 0.2) is 174 Å². The first-order valence-electron chi connectivity index (χ1n) is 16.7. The van der Waals surface area contributed by atoms with Crippen molar-refractivity contribution in [3.8, 4) is 73.6 Å².